The monoisotopic (exact) mass is 1890 g/mol. The molecule has 7 aliphatic rings. The van der Waals surface area contributed by atoms with Crippen molar-refractivity contribution in [2.45, 2.75) is 35.5 Å². The normalized spacial score (nSPS) is 16.2. The summed E-state index contributed by atoms with van der Waals surface area (Å²) in [5.41, 5.74) is 37.0. The summed E-state index contributed by atoms with van der Waals surface area (Å²) in [4.78, 5) is 49.0. The Morgan fingerprint density at radius 1 is 0.189 bits per heavy atom. The standard InChI is InChI=1S/C54H34N2O2.C42H24N2O2.C41H28N2O/c57-53-52-42(34-50(58-52)38-19-8-3-9-20-38)41-21-14-24-45-51(41)56(53)48-26-13-11-23-44(48)54(45)43-22-10-12-25-47(43)55(40-30-27-37(28-31-40)35-15-4-1-5-16-35)49-32-29-39(33-46(49)54)36-17-6-2-7-18-36;45-41-40-29(24-37(46-40)25-12-2-1-3-13-25)28-16-11-20-33-39(28)44(41)36-23-9-6-18-31(36)42(33)30-17-5-8-22-35(30)43-34-21-7-4-14-26(34)27-15-10-19-32(42)38(27)43;1-40(2)28-16-5-8-22-34(28)42-35-23-9-6-17-29(35)41(33-21-12-19-31(40)38(33)42)30-18-7-10-24-36(30)43-37-26(15-11-20-32(37)41)25-13-3-4-14-27(25)39(43)44/h1-34H;1-24H;3-24H,1-2H3. The molecule has 0 radical (unpaired) electrons. The van der Waals surface area contributed by atoms with Gasteiger partial charge in [0.2, 0.25) is 11.2 Å². The average Bonchev–Trinajstić information content (AvgIpc) is 1.31. The van der Waals surface area contributed by atoms with Gasteiger partial charge in [0.05, 0.1) is 95.0 Å². The number of hydrogen-bond acceptors (Lipinski definition) is 7. The summed E-state index contributed by atoms with van der Waals surface area (Å²) in [6, 6.07) is 172. The highest BCUT2D eigenvalue weighted by molar-refractivity contribution is 6.16. The van der Waals surface area contributed by atoms with Gasteiger partial charge < -0.3 is 23.2 Å². The third-order valence-electron chi connectivity index (χ3n) is 33.1. The van der Waals surface area contributed by atoms with Crippen LogP contribution < -0.4 is 26.5 Å². The SMILES string of the molecule is CC1(C)c2ccccc2N2c3ccccc3C3(c4ccccc4-n4c(=O)c5ccccc5c5cccc3c54)c3cccc1c32.O=c1c2oc(-c3ccccc3)cc2c2cccc3c2n1-c1ccccc1C31c2ccccc2-n2c3ccccc3c3cccc1c32.O=c1c2oc(-c3ccccc3)cc2c2cccc3c2n1-c1ccccc1C31c2ccccc2N(c2ccc(-c3ccccc3)cc2)c2ccc(-c3ccccc3)cc21. The van der Waals surface area contributed by atoms with Crippen molar-refractivity contribution in [2.24, 2.45) is 0 Å². The second kappa shape index (κ2) is 30.9. The van der Waals surface area contributed by atoms with Crippen molar-refractivity contribution in [3.05, 3.63) is 594 Å². The molecule has 13 heterocycles. The predicted octanol–water partition coefficient (Wildman–Crippen LogP) is 32.0. The first-order chi connectivity index (χ1) is 73.0. The quantitative estimate of drug-likeness (QED) is 0.158. The van der Waals surface area contributed by atoms with Crippen molar-refractivity contribution in [3.8, 4) is 67.7 Å². The third-order valence-corrected chi connectivity index (χ3v) is 33.1. The molecule has 7 aliphatic heterocycles. The van der Waals surface area contributed by atoms with Crippen molar-refractivity contribution in [2.75, 3.05) is 9.80 Å². The van der Waals surface area contributed by atoms with Gasteiger partial charge >= 0.3 is 0 Å². The molecule has 26 aromatic rings. The fraction of sp³-hybridized carbons (Fsp3) is 0.0438. The lowest BCUT2D eigenvalue weighted by atomic mass is 9.58. The van der Waals surface area contributed by atoms with E-state index in [1.807, 2.05) is 117 Å². The predicted molar refractivity (Wildman–Crippen MR) is 600 cm³/mol. The minimum Gasteiger partial charge on any atom is -0.450 e. The maximum absolute atomic E-state index is 15.0. The van der Waals surface area contributed by atoms with E-state index >= 15 is 0 Å². The Morgan fingerprint density at radius 2 is 0.486 bits per heavy atom. The molecule has 0 aliphatic carbocycles. The number of para-hydroxylation sites is 13. The van der Waals surface area contributed by atoms with Gasteiger partial charge in [-0.2, -0.15) is 0 Å². The number of hydrogen-bond donors (Lipinski definition) is 0. The molecule has 0 amide bonds. The minimum absolute atomic E-state index is 0.0266. The number of nitrogens with zero attached hydrogens (tertiary/aromatic N) is 6. The van der Waals surface area contributed by atoms with Crippen LogP contribution in [-0.2, 0) is 21.7 Å². The smallest absolute Gasteiger partial charge is 0.299 e. The summed E-state index contributed by atoms with van der Waals surface area (Å²) in [5, 5.41) is 8.93. The summed E-state index contributed by atoms with van der Waals surface area (Å²) in [5.74, 6) is 1.37. The molecule has 148 heavy (non-hydrogen) atoms. The lowest BCUT2D eigenvalue weighted by molar-refractivity contribution is 0.618. The molecule has 11 nitrogen and oxygen atoms in total. The van der Waals surface area contributed by atoms with Gasteiger partial charge in [-0.25, -0.2) is 0 Å². The molecule has 0 N–H and O–H groups in total. The Hall–Kier alpha value is -19.2. The van der Waals surface area contributed by atoms with Crippen molar-refractivity contribution in [3.63, 3.8) is 0 Å². The summed E-state index contributed by atoms with van der Waals surface area (Å²) < 4.78 is 21.1. The molecule has 20 aromatic carbocycles. The van der Waals surface area contributed by atoms with E-state index in [4.69, 9.17) is 8.83 Å². The molecular formula is C137H86N6O5. The highest BCUT2D eigenvalue weighted by Crippen LogP contribution is 2.68. The number of fused-ring (bicyclic) bond motifs is 35. The van der Waals surface area contributed by atoms with Crippen LogP contribution in [0.1, 0.15) is 91.7 Å². The molecular weight excluding hydrogens is 1810 g/mol. The van der Waals surface area contributed by atoms with Gasteiger partial charge in [0.15, 0.2) is 0 Å². The van der Waals surface area contributed by atoms with Crippen LogP contribution in [0.15, 0.2) is 509 Å². The average molecular weight is 1900 g/mol. The van der Waals surface area contributed by atoms with Crippen molar-refractivity contribution < 1.29 is 8.83 Å². The van der Waals surface area contributed by atoms with E-state index in [-0.39, 0.29) is 22.1 Å². The topological polar surface area (TPSA) is 104 Å². The van der Waals surface area contributed by atoms with Gasteiger partial charge in [0, 0.05) is 65.3 Å². The molecule has 3 unspecified atom stereocenters. The summed E-state index contributed by atoms with van der Waals surface area (Å²) in [7, 11) is 0. The Balaban J connectivity index is 0.000000102. The van der Waals surface area contributed by atoms with E-state index < -0.39 is 16.2 Å². The number of anilines is 6. The number of aromatic nitrogens is 4. The van der Waals surface area contributed by atoms with Crippen molar-refractivity contribution in [1.29, 1.82) is 0 Å². The maximum Gasteiger partial charge on any atom is 0.299 e. The highest BCUT2D eigenvalue weighted by atomic mass is 16.3. The second-order valence-electron chi connectivity index (χ2n) is 40.4. The van der Waals surface area contributed by atoms with E-state index in [1.165, 1.54) is 83.4 Å². The second-order valence-corrected chi connectivity index (χ2v) is 40.4. The van der Waals surface area contributed by atoms with Crippen LogP contribution in [0.4, 0.5) is 34.1 Å². The molecule has 3 atom stereocenters. The molecule has 3 spiro atoms. The fourth-order valence-electron chi connectivity index (χ4n) is 27.2. The molecule has 11 heteroatoms. The van der Waals surface area contributed by atoms with Crippen LogP contribution in [0.5, 0.6) is 0 Å². The molecule has 0 saturated carbocycles. The van der Waals surface area contributed by atoms with Gasteiger partial charge in [-0.3, -0.25) is 28.1 Å². The zero-order valence-electron chi connectivity index (χ0n) is 80.4. The Morgan fingerprint density at radius 3 is 0.973 bits per heavy atom. The molecule has 0 fully saturated rings. The first-order valence-corrected chi connectivity index (χ1v) is 50.7. The Bertz CT molecular complexity index is 10500. The molecule has 0 saturated heterocycles. The third kappa shape index (κ3) is 10.9. The lowest BCUT2D eigenvalue weighted by Gasteiger charge is -2.52. The number of rotatable bonds is 5. The lowest BCUT2D eigenvalue weighted by Crippen LogP contribution is -2.44. The van der Waals surface area contributed by atoms with E-state index in [1.54, 1.807) is 0 Å². The van der Waals surface area contributed by atoms with Gasteiger partial charge in [0.25, 0.3) is 16.7 Å². The van der Waals surface area contributed by atoms with E-state index in [0.29, 0.717) is 22.7 Å². The first-order valence-electron chi connectivity index (χ1n) is 50.7. The first kappa shape index (κ1) is 83.4. The molecule has 6 aromatic heterocycles. The zero-order valence-corrected chi connectivity index (χ0v) is 80.4. The summed E-state index contributed by atoms with van der Waals surface area (Å²) >= 11 is 0. The summed E-state index contributed by atoms with van der Waals surface area (Å²) in [6.07, 6.45) is 0. The van der Waals surface area contributed by atoms with E-state index in [2.05, 4.69) is 410 Å². The molecule has 694 valence electrons. The Labute approximate surface area is 849 Å². The number of furan rings is 2. The minimum atomic E-state index is -0.792. The Kier molecular flexibility index (Phi) is 17.4. The van der Waals surface area contributed by atoms with Crippen LogP contribution in [0, 0.1) is 0 Å². The molecule has 0 bridgehead atoms. The van der Waals surface area contributed by atoms with Crippen LogP contribution in [0.25, 0.3) is 155 Å². The van der Waals surface area contributed by atoms with Crippen molar-refractivity contribution in [1.82, 2.24) is 18.3 Å². The number of pyridine rings is 3. The summed E-state index contributed by atoms with van der Waals surface area (Å²) in [6.45, 7) is 4.70. The highest BCUT2D eigenvalue weighted by Gasteiger charge is 2.57. The van der Waals surface area contributed by atoms with Crippen LogP contribution >= 0.6 is 0 Å². The van der Waals surface area contributed by atoms with Crippen molar-refractivity contribution >= 4 is 121 Å². The number of benzene rings is 20. The van der Waals surface area contributed by atoms with E-state index in [0.717, 1.165) is 161 Å². The molecule has 33 rings (SSSR count). The van der Waals surface area contributed by atoms with Gasteiger partial charge in [0.1, 0.15) is 11.5 Å². The largest absolute Gasteiger partial charge is 0.450 e. The fourth-order valence-corrected chi connectivity index (χ4v) is 27.2. The van der Waals surface area contributed by atoms with Gasteiger partial charge in [-0.05, 0) is 197 Å². The van der Waals surface area contributed by atoms with Crippen LogP contribution in [-0.4, -0.2) is 18.3 Å². The zero-order chi connectivity index (χ0) is 97.9. The van der Waals surface area contributed by atoms with E-state index in [9.17, 15) is 14.4 Å². The van der Waals surface area contributed by atoms with Gasteiger partial charge in [-0.1, -0.05) is 408 Å². The van der Waals surface area contributed by atoms with Crippen LogP contribution in [0.2, 0.25) is 0 Å². The van der Waals surface area contributed by atoms with Crippen LogP contribution in [0.3, 0.4) is 0 Å². The maximum atomic E-state index is 15.0. The van der Waals surface area contributed by atoms with Gasteiger partial charge in [-0.15, -0.1) is 0 Å².